The van der Waals surface area contributed by atoms with E-state index in [2.05, 4.69) is 52.3 Å². The maximum Gasteiger partial charge on any atom is 0.321 e. The van der Waals surface area contributed by atoms with Crippen molar-refractivity contribution in [3.63, 3.8) is 0 Å². The highest BCUT2D eigenvalue weighted by Crippen LogP contribution is 2.27. The molecular weight excluding hydrogens is 362 g/mol. The minimum Gasteiger partial charge on any atom is -0.383 e. The van der Waals surface area contributed by atoms with Crippen molar-refractivity contribution in [2.45, 2.75) is 25.8 Å². The van der Waals surface area contributed by atoms with Crippen LogP contribution in [0.1, 0.15) is 18.4 Å². The lowest BCUT2D eigenvalue weighted by atomic mass is 9.90. The van der Waals surface area contributed by atoms with Gasteiger partial charge in [-0.15, -0.1) is 0 Å². The molecule has 0 saturated carbocycles. The normalized spacial score (nSPS) is 15.0. The highest BCUT2D eigenvalue weighted by Gasteiger charge is 2.23. The Morgan fingerprint density at radius 2 is 1.79 bits per heavy atom. The fourth-order valence-corrected chi connectivity index (χ4v) is 4.20. The van der Waals surface area contributed by atoms with Crippen molar-refractivity contribution in [3.05, 3.63) is 66.4 Å². The number of hydrogen-bond donors (Lipinski definition) is 1. The number of nitrogens with zero attached hydrogens (tertiary/aromatic N) is 2. The van der Waals surface area contributed by atoms with Gasteiger partial charge in [0.2, 0.25) is 0 Å². The van der Waals surface area contributed by atoms with E-state index in [1.54, 1.807) is 7.11 Å². The predicted molar refractivity (Wildman–Crippen MR) is 117 cm³/mol. The molecule has 4 rings (SSSR count). The Bertz CT molecular complexity index is 943. The molecule has 0 radical (unpaired) electrons. The standard InChI is InChI=1S/C24H29N3O2/c1-29-16-15-27-18-22(21-9-5-6-10-23(21)27)25-24(28)26-13-11-20(12-14-26)17-19-7-3-2-4-8-19/h2-10,18,20H,11-17H2,1H3,(H,25,28). The Hall–Kier alpha value is -2.79. The Balaban J connectivity index is 1.38. The number of rotatable bonds is 6. The Morgan fingerprint density at radius 1 is 1.07 bits per heavy atom. The van der Waals surface area contributed by atoms with Gasteiger partial charge in [0.25, 0.3) is 0 Å². The van der Waals surface area contributed by atoms with Crippen LogP contribution in [-0.2, 0) is 17.7 Å². The predicted octanol–water partition coefficient (Wildman–Crippen LogP) is 4.77. The molecule has 2 amide bonds. The topological polar surface area (TPSA) is 46.5 Å². The molecular formula is C24H29N3O2. The molecule has 1 fully saturated rings. The third-order valence-corrected chi connectivity index (χ3v) is 5.84. The van der Waals surface area contributed by atoms with E-state index in [1.165, 1.54) is 5.56 Å². The molecule has 2 aromatic carbocycles. The summed E-state index contributed by atoms with van der Waals surface area (Å²) >= 11 is 0. The zero-order chi connectivity index (χ0) is 20.1. The number of carbonyl (C=O) groups excluding carboxylic acids is 1. The number of amides is 2. The van der Waals surface area contributed by atoms with E-state index < -0.39 is 0 Å². The van der Waals surface area contributed by atoms with Crippen molar-refractivity contribution in [1.29, 1.82) is 0 Å². The van der Waals surface area contributed by atoms with Gasteiger partial charge in [0.05, 0.1) is 17.8 Å². The summed E-state index contributed by atoms with van der Waals surface area (Å²) in [6.45, 7) is 3.02. The molecule has 0 aliphatic carbocycles. The zero-order valence-electron chi connectivity index (χ0n) is 17.0. The van der Waals surface area contributed by atoms with Crippen LogP contribution in [0.4, 0.5) is 10.5 Å². The number of ether oxygens (including phenoxy) is 1. The first-order valence-corrected chi connectivity index (χ1v) is 10.4. The average molecular weight is 392 g/mol. The van der Waals surface area contributed by atoms with E-state index in [9.17, 15) is 4.79 Å². The number of fused-ring (bicyclic) bond motifs is 1. The van der Waals surface area contributed by atoms with Gasteiger partial charge in [0.15, 0.2) is 0 Å². The second kappa shape index (κ2) is 9.14. The molecule has 0 spiro atoms. The fraction of sp³-hybridized carbons (Fsp3) is 0.375. The van der Waals surface area contributed by atoms with Crippen molar-refractivity contribution in [3.8, 4) is 0 Å². The van der Waals surface area contributed by atoms with Crippen LogP contribution < -0.4 is 5.32 Å². The van der Waals surface area contributed by atoms with Crippen molar-refractivity contribution < 1.29 is 9.53 Å². The smallest absolute Gasteiger partial charge is 0.321 e. The van der Waals surface area contributed by atoms with Gasteiger partial charge >= 0.3 is 6.03 Å². The van der Waals surface area contributed by atoms with Gasteiger partial charge in [-0.2, -0.15) is 0 Å². The van der Waals surface area contributed by atoms with E-state index in [0.29, 0.717) is 12.5 Å². The molecule has 1 saturated heterocycles. The number of urea groups is 1. The van der Waals surface area contributed by atoms with Crippen LogP contribution in [0, 0.1) is 5.92 Å². The number of benzene rings is 2. The Kier molecular flexibility index (Phi) is 6.15. The van der Waals surface area contributed by atoms with Crippen molar-refractivity contribution >= 4 is 22.6 Å². The summed E-state index contributed by atoms with van der Waals surface area (Å²) < 4.78 is 7.36. The lowest BCUT2D eigenvalue weighted by Gasteiger charge is -2.32. The lowest BCUT2D eigenvalue weighted by Crippen LogP contribution is -2.41. The molecule has 5 nitrogen and oxygen atoms in total. The minimum atomic E-state index is -0.00203. The van der Waals surface area contributed by atoms with Gasteiger partial charge in [-0.05, 0) is 36.8 Å². The zero-order valence-corrected chi connectivity index (χ0v) is 17.0. The van der Waals surface area contributed by atoms with E-state index in [1.807, 2.05) is 23.2 Å². The summed E-state index contributed by atoms with van der Waals surface area (Å²) in [7, 11) is 1.70. The SMILES string of the molecule is COCCn1cc(NC(=O)N2CCC(Cc3ccccc3)CC2)c2ccccc21. The Morgan fingerprint density at radius 3 is 2.55 bits per heavy atom. The first-order chi connectivity index (χ1) is 14.2. The number of aromatic nitrogens is 1. The average Bonchev–Trinajstić information content (AvgIpc) is 3.11. The molecule has 0 bridgehead atoms. The van der Waals surface area contributed by atoms with E-state index in [0.717, 1.165) is 55.5 Å². The molecule has 5 heteroatoms. The summed E-state index contributed by atoms with van der Waals surface area (Å²) in [6.07, 6.45) is 5.23. The second-order valence-corrected chi connectivity index (χ2v) is 7.80. The van der Waals surface area contributed by atoms with Gasteiger partial charge in [-0.25, -0.2) is 4.79 Å². The summed E-state index contributed by atoms with van der Waals surface area (Å²) in [4.78, 5) is 14.8. The number of methoxy groups -OCH3 is 1. The highest BCUT2D eigenvalue weighted by molar-refractivity contribution is 6.01. The van der Waals surface area contributed by atoms with E-state index in [4.69, 9.17) is 4.74 Å². The molecule has 1 aliphatic heterocycles. The van der Waals surface area contributed by atoms with Crippen molar-refractivity contribution in [1.82, 2.24) is 9.47 Å². The van der Waals surface area contributed by atoms with E-state index >= 15 is 0 Å². The molecule has 1 N–H and O–H groups in total. The fourth-order valence-electron chi connectivity index (χ4n) is 4.20. The van der Waals surface area contributed by atoms with Gasteiger partial charge in [0.1, 0.15) is 0 Å². The van der Waals surface area contributed by atoms with Crippen LogP contribution in [0.5, 0.6) is 0 Å². The van der Waals surface area contributed by atoms with Crippen LogP contribution >= 0.6 is 0 Å². The first-order valence-electron chi connectivity index (χ1n) is 10.4. The number of anilines is 1. The number of para-hydroxylation sites is 1. The van der Waals surface area contributed by atoms with Gasteiger partial charge in [0, 0.05) is 38.3 Å². The number of likely N-dealkylation sites (tertiary alicyclic amines) is 1. The van der Waals surface area contributed by atoms with Crippen LogP contribution in [0.25, 0.3) is 10.9 Å². The van der Waals surface area contributed by atoms with Crippen LogP contribution in [-0.4, -0.2) is 42.3 Å². The second-order valence-electron chi connectivity index (χ2n) is 7.80. The van der Waals surface area contributed by atoms with Crippen molar-refractivity contribution in [2.24, 2.45) is 5.92 Å². The summed E-state index contributed by atoms with van der Waals surface area (Å²) in [6, 6.07) is 18.8. The molecule has 0 atom stereocenters. The number of nitrogens with one attached hydrogen (secondary N) is 1. The molecule has 3 aromatic rings. The number of carbonyl (C=O) groups is 1. The number of hydrogen-bond acceptors (Lipinski definition) is 2. The monoisotopic (exact) mass is 391 g/mol. The molecule has 0 unspecified atom stereocenters. The molecule has 29 heavy (non-hydrogen) atoms. The largest absolute Gasteiger partial charge is 0.383 e. The molecule has 1 aliphatic rings. The van der Waals surface area contributed by atoms with Crippen molar-refractivity contribution in [2.75, 3.05) is 32.1 Å². The number of piperidine rings is 1. The summed E-state index contributed by atoms with van der Waals surface area (Å²) in [5.41, 5.74) is 3.37. The highest BCUT2D eigenvalue weighted by atomic mass is 16.5. The van der Waals surface area contributed by atoms with Crippen LogP contribution in [0.15, 0.2) is 60.8 Å². The summed E-state index contributed by atoms with van der Waals surface area (Å²) in [5.74, 6) is 0.650. The third-order valence-electron chi connectivity index (χ3n) is 5.84. The van der Waals surface area contributed by atoms with Crippen LogP contribution in [0.2, 0.25) is 0 Å². The van der Waals surface area contributed by atoms with Gasteiger partial charge < -0.3 is 19.5 Å². The van der Waals surface area contributed by atoms with E-state index in [-0.39, 0.29) is 6.03 Å². The lowest BCUT2D eigenvalue weighted by molar-refractivity contribution is 0.182. The van der Waals surface area contributed by atoms with Gasteiger partial charge in [-0.1, -0.05) is 48.5 Å². The molecule has 2 heterocycles. The maximum atomic E-state index is 12.9. The quantitative estimate of drug-likeness (QED) is 0.658. The Labute approximate surface area is 172 Å². The first kappa shape index (κ1) is 19.5. The molecule has 1 aromatic heterocycles. The third kappa shape index (κ3) is 4.62. The van der Waals surface area contributed by atoms with Gasteiger partial charge in [-0.3, -0.25) is 0 Å². The summed E-state index contributed by atoms with van der Waals surface area (Å²) in [5, 5.41) is 4.21. The molecule has 152 valence electrons. The maximum absolute atomic E-state index is 12.9. The minimum absolute atomic E-state index is 0.00203. The van der Waals surface area contributed by atoms with Crippen LogP contribution in [0.3, 0.4) is 0 Å².